The van der Waals surface area contributed by atoms with Crippen LogP contribution in [0, 0.1) is 11.6 Å². The van der Waals surface area contributed by atoms with Crippen LogP contribution in [-0.2, 0) is 9.47 Å². The number of benzene rings is 1. The van der Waals surface area contributed by atoms with Crippen molar-refractivity contribution in [2.24, 2.45) is 0 Å². The van der Waals surface area contributed by atoms with Gasteiger partial charge >= 0.3 is 0 Å². The van der Waals surface area contributed by atoms with Gasteiger partial charge in [-0.2, -0.15) is 0 Å². The molecule has 1 unspecified atom stereocenters. The Hall–Kier alpha value is -1.04. The van der Waals surface area contributed by atoms with Crippen molar-refractivity contribution in [2.45, 2.75) is 33.1 Å². The first-order valence-electron chi connectivity index (χ1n) is 6.54. The molecule has 5 heteroatoms. The van der Waals surface area contributed by atoms with Crippen LogP contribution in [0.5, 0.6) is 0 Å². The van der Waals surface area contributed by atoms with E-state index in [2.05, 4.69) is 5.32 Å². The van der Waals surface area contributed by atoms with Crippen molar-refractivity contribution in [1.82, 2.24) is 5.32 Å². The van der Waals surface area contributed by atoms with Crippen LogP contribution in [0.25, 0.3) is 0 Å². The fourth-order valence-corrected chi connectivity index (χ4v) is 1.91. The molecule has 0 heterocycles. The van der Waals surface area contributed by atoms with E-state index in [-0.39, 0.29) is 0 Å². The van der Waals surface area contributed by atoms with Crippen LogP contribution in [0.3, 0.4) is 0 Å². The van der Waals surface area contributed by atoms with Gasteiger partial charge in [-0.1, -0.05) is 6.92 Å². The molecule has 1 rings (SSSR count). The minimum absolute atomic E-state index is 0.407. The maximum absolute atomic E-state index is 13.3. The van der Waals surface area contributed by atoms with E-state index in [1.807, 2.05) is 20.8 Å². The molecule has 19 heavy (non-hydrogen) atoms. The third kappa shape index (κ3) is 4.86. The first-order chi connectivity index (χ1) is 9.12. The third-order valence-electron chi connectivity index (χ3n) is 2.60. The third-order valence-corrected chi connectivity index (χ3v) is 2.60. The molecule has 0 saturated carbocycles. The van der Waals surface area contributed by atoms with E-state index in [1.54, 1.807) is 0 Å². The van der Waals surface area contributed by atoms with Crippen LogP contribution >= 0.6 is 0 Å². The normalized spacial score (nSPS) is 12.9. The van der Waals surface area contributed by atoms with Gasteiger partial charge in [-0.25, -0.2) is 8.78 Å². The van der Waals surface area contributed by atoms with Gasteiger partial charge < -0.3 is 14.8 Å². The fraction of sp³-hybridized carbons (Fsp3) is 0.571. The Kier molecular flexibility index (Phi) is 6.91. The predicted octanol–water partition coefficient (Wildman–Crippen LogP) is 3.01. The van der Waals surface area contributed by atoms with E-state index in [0.29, 0.717) is 25.3 Å². The molecule has 0 aliphatic rings. The van der Waals surface area contributed by atoms with Crippen molar-refractivity contribution in [1.29, 1.82) is 0 Å². The first kappa shape index (κ1) is 16.0. The highest BCUT2D eigenvalue weighted by Crippen LogP contribution is 2.22. The average molecular weight is 273 g/mol. The summed E-state index contributed by atoms with van der Waals surface area (Å²) in [5.74, 6) is -1.21. The molecule has 0 radical (unpaired) electrons. The lowest BCUT2D eigenvalue weighted by atomic mass is 10.1. The van der Waals surface area contributed by atoms with E-state index >= 15 is 0 Å². The molecule has 0 amide bonds. The molecular weight excluding hydrogens is 252 g/mol. The Labute approximate surface area is 112 Å². The monoisotopic (exact) mass is 273 g/mol. The molecule has 0 aromatic heterocycles. The van der Waals surface area contributed by atoms with Crippen LogP contribution in [-0.4, -0.2) is 26.0 Å². The summed E-state index contributed by atoms with van der Waals surface area (Å²) in [6.45, 7) is 7.17. The van der Waals surface area contributed by atoms with Crippen molar-refractivity contribution < 1.29 is 18.3 Å². The molecule has 1 atom stereocenters. The summed E-state index contributed by atoms with van der Waals surface area (Å²) in [4.78, 5) is 0. The molecule has 108 valence electrons. The van der Waals surface area contributed by atoms with Gasteiger partial charge in [0.1, 0.15) is 11.6 Å². The van der Waals surface area contributed by atoms with Crippen LogP contribution in [0.1, 0.15) is 32.4 Å². The second-order valence-corrected chi connectivity index (χ2v) is 4.02. The quantitative estimate of drug-likeness (QED) is 0.739. The second kappa shape index (κ2) is 8.19. The van der Waals surface area contributed by atoms with Crippen molar-refractivity contribution >= 4 is 0 Å². The minimum Gasteiger partial charge on any atom is -0.351 e. The Bertz CT molecular complexity index is 361. The molecule has 1 N–H and O–H groups in total. The lowest BCUT2D eigenvalue weighted by Crippen LogP contribution is -2.36. The number of ether oxygens (including phenoxy) is 2. The number of rotatable bonds is 8. The van der Waals surface area contributed by atoms with E-state index in [9.17, 15) is 8.78 Å². The SMILES string of the molecule is CCNC(c1cc(F)cc(F)c1)C(OCC)OCC. The van der Waals surface area contributed by atoms with E-state index in [0.717, 1.165) is 6.07 Å². The summed E-state index contributed by atoms with van der Waals surface area (Å²) >= 11 is 0. The van der Waals surface area contributed by atoms with Gasteiger partial charge in [-0.15, -0.1) is 0 Å². The molecule has 0 spiro atoms. The molecule has 1 aromatic carbocycles. The van der Waals surface area contributed by atoms with Gasteiger partial charge in [0.05, 0.1) is 6.04 Å². The fourth-order valence-electron chi connectivity index (χ4n) is 1.91. The number of nitrogens with one attached hydrogen (secondary N) is 1. The predicted molar refractivity (Wildman–Crippen MR) is 69.8 cm³/mol. The molecule has 0 aliphatic heterocycles. The number of hydrogen-bond donors (Lipinski definition) is 1. The Balaban J connectivity index is 3.01. The first-order valence-corrected chi connectivity index (χ1v) is 6.54. The van der Waals surface area contributed by atoms with E-state index in [1.165, 1.54) is 12.1 Å². The van der Waals surface area contributed by atoms with Gasteiger partial charge in [-0.3, -0.25) is 0 Å². The van der Waals surface area contributed by atoms with Gasteiger partial charge in [0.15, 0.2) is 6.29 Å². The maximum Gasteiger partial charge on any atom is 0.176 e. The highest BCUT2D eigenvalue weighted by Gasteiger charge is 2.24. The second-order valence-electron chi connectivity index (χ2n) is 4.02. The van der Waals surface area contributed by atoms with Crippen LogP contribution in [0.4, 0.5) is 8.78 Å². The summed E-state index contributed by atoms with van der Waals surface area (Å²) in [6, 6.07) is 3.03. The van der Waals surface area contributed by atoms with E-state index in [4.69, 9.17) is 9.47 Å². The highest BCUT2D eigenvalue weighted by molar-refractivity contribution is 5.22. The van der Waals surface area contributed by atoms with Gasteiger partial charge in [-0.05, 0) is 38.1 Å². The van der Waals surface area contributed by atoms with Crippen molar-refractivity contribution in [3.63, 3.8) is 0 Å². The Morgan fingerprint density at radius 3 is 1.95 bits per heavy atom. The summed E-state index contributed by atoms with van der Waals surface area (Å²) in [6.07, 6.45) is -0.573. The lowest BCUT2D eigenvalue weighted by Gasteiger charge is -2.27. The molecule has 0 bridgehead atoms. The van der Waals surface area contributed by atoms with E-state index < -0.39 is 24.0 Å². The highest BCUT2D eigenvalue weighted by atomic mass is 19.1. The molecule has 0 saturated heterocycles. The molecule has 0 aliphatic carbocycles. The average Bonchev–Trinajstić information content (AvgIpc) is 2.34. The van der Waals surface area contributed by atoms with Gasteiger partial charge in [0.2, 0.25) is 0 Å². The smallest absolute Gasteiger partial charge is 0.176 e. The molecule has 3 nitrogen and oxygen atoms in total. The zero-order valence-electron chi connectivity index (χ0n) is 11.6. The summed E-state index contributed by atoms with van der Waals surface area (Å²) in [5, 5.41) is 3.14. The number of halogens is 2. The van der Waals surface area contributed by atoms with Crippen LogP contribution < -0.4 is 5.32 Å². The van der Waals surface area contributed by atoms with Crippen LogP contribution in [0.2, 0.25) is 0 Å². The zero-order valence-corrected chi connectivity index (χ0v) is 11.6. The van der Waals surface area contributed by atoms with Gasteiger partial charge in [0.25, 0.3) is 0 Å². The lowest BCUT2D eigenvalue weighted by molar-refractivity contribution is -0.155. The maximum atomic E-state index is 13.3. The Morgan fingerprint density at radius 2 is 1.53 bits per heavy atom. The molecule has 1 aromatic rings. The van der Waals surface area contributed by atoms with Gasteiger partial charge in [0, 0.05) is 19.3 Å². The molecule has 0 fully saturated rings. The summed E-state index contributed by atoms with van der Waals surface area (Å²) in [5.41, 5.74) is 0.478. The zero-order chi connectivity index (χ0) is 14.3. The summed E-state index contributed by atoms with van der Waals surface area (Å²) < 4.78 is 37.6. The summed E-state index contributed by atoms with van der Waals surface area (Å²) in [7, 11) is 0. The number of hydrogen-bond acceptors (Lipinski definition) is 3. The van der Waals surface area contributed by atoms with Crippen molar-refractivity contribution in [2.75, 3.05) is 19.8 Å². The Morgan fingerprint density at radius 1 is 1.00 bits per heavy atom. The number of likely N-dealkylation sites (N-methyl/N-ethyl adjacent to an activating group) is 1. The van der Waals surface area contributed by atoms with Crippen LogP contribution in [0.15, 0.2) is 18.2 Å². The standard InChI is InChI=1S/C14H21F2NO2/c1-4-17-13(14(18-5-2)19-6-3)10-7-11(15)9-12(16)8-10/h7-9,13-14,17H,4-6H2,1-3H3. The topological polar surface area (TPSA) is 30.5 Å². The molecular formula is C14H21F2NO2. The van der Waals surface area contributed by atoms with Crippen molar-refractivity contribution in [3.05, 3.63) is 35.4 Å². The van der Waals surface area contributed by atoms with Crippen molar-refractivity contribution in [3.8, 4) is 0 Å². The largest absolute Gasteiger partial charge is 0.351 e. The minimum atomic E-state index is -0.607.